The van der Waals surface area contributed by atoms with Crippen LogP contribution in [0.5, 0.6) is 5.75 Å². The zero-order chi connectivity index (χ0) is 15.1. The van der Waals surface area contributed by atoms with Crippen molar-refractivity contribution >= 4 is 11.6 Å². The van der Waals surface area contributed by atoms with E-state index in [0.29, 0.717) is 11.7 Å². The molecule has 2 rings (SSSR count). The summed E-state index contributed by atoms with van der Waals surface area (Å²) < 4.78 is 5.43. The first-order valence-corrected chi connectivity index (χ1v) is 7.83. The summed E-state index contributed by atoms with van der Waals surface area (Å²) in [6.07, 6.45) is 4.24. The van der Waals surface area contributed by atoms with Gasteiger partial charge in [0.25, 0.3) is 0 Å². The molecule has 6 nitrogen and oxygen atoms in total. The SMILES string of the molecule is CCNc1ncnc(NCC(C)CN2CCCC2)c1OC. The van der Waals surface area contributed by atoms with E-state index in [4.69, 9.17) is 4.74 Å². The maximum absolute atomic E-state index is 5.43. The first kappa shape index (κ1) is 15.8. The fraction of sp³-hybridized carbons (Fsp3) is 0.733. The Morgan fingerprint density at radius 1 is 1.24 bits per heavy atom. The van der Waals surface area contributed by atoms with E-state index in [1.807, 2.05) is 6.92 Å². The number of anilines is 2. The van der Waals surface area contributed by atoms with Crippen LogP contribution >= 0.6 is 0 Å². The Balaban J connectivity index is 1.90. The highest BCUT2D eigenvalue weighted by molar-refractivity contribution is 5.63. The maximum atomic E-state index is 5.43. The van der Waals surface area contributed by atoms with Crippen LogP contribution in [0.1, 0.15) is 26.7 Å². The largest absolute Gasteiger partial charge is 0.490 e. The highest BCUT2D eigenvalue weighted by atomic mass is 16.5. The van der Waals surface area contributed by atoms with Gasteiger partial charge in [-0.3, -0.25) is 0 Å². The van der Waals surface area contributed by atoms with Gasteiger partial charge in [0.2, 0.25) is 5.75 Å². The van der Waals surface area contributed by atoms with Gasteiger partial charge >= 0.3 is 0 Å². The van der Waals surface area contributed by atoms with Gasteiger partial charge in [0.05, 0.1) is 7.11 Å². The summed E-state index contributed by atoms with van der Waals surface area (Å²) in [6.45, 7) is 9.61. The predicted molar refractivity (Wildman–Crippen MR) is 86.1 cm³/mol. The number of rotatable bonds is 8. The monoisotopic (exact) mass is 293 g/mol. The molecule has 0 bridgehead atoms. The summed E-state index contributed by atoms with van der Waals surface area (Å²) in [5, 5.41) is 6.58. The molecule has 0 aromatic carbocycles. The third-order valence-corrected chi connectivity index (χ3v) is 3.74. The van der Waals surface area contributed by atoms with Crippen LogP contribution in [-0.2, 0) is 0 Å². The van der Waals surface area contributed by atoms with E-state index in [1.54, 1.807) is 13.4 Å². The number of hydrogen-bond donors (Lipinski definition) is 2. The fourth-order valence-electron chi connectivity index (χ4n) is 2.73. The summed E-state index contributed by atoms with van der Waals surface area (Å²) in [4.78, 5) is 11.0. The Bertz CT molecular complexity index is 434. The molecule has 1 aromatic heterocycles. The molecule has 0 radical (unpaired) electrons. The number of nitrogens with zero attached hydrogens (tertiary/aromatic N) is 3. The number of nitrogens with one attached hydrogen (secondary N) is 2. The van der Waals surface area contributed by atoms with Crippen LogP contribution < -0.4 is 15.4 Å². The van der Waals surface area contributed by atoms with Crippen molar-refractivity contribution in [1.82, 2.24) is 14.9 Å². The normalized spacial score (nSPS) is 16.7. The lowest BCUT2D eigenvalue weighted by Crippen LogP contribution is -2.29. The highest BCUT2D eigenvalue weighted by Gasteiger charge is 2.16. The molecule has 0 saturated carbocycles. The summed E-state index contributed by atoms with van der Waals surface area (Å²) in [6, 6.07) is 0. The molecule has 1 aliphatic rings. The Labute approximate surface area is 127 Å². The van der Waals surface area contributed by atoms with Gasteiger partial charge in [0.15, 0.2) is 11.6 Å². The van der Waals surface area contributed by atoms with E-state index >= 15 is 0 Å². The molecular weight excluding hydrogens is 266 g/mol. The van der Waals surface area contributed by atoms with Crippen molar-refractivity contribution in [3.05, 3.63) is 6.33 Å². The second-order valence-electron chi connectivity index (χ2n) is 5.63. The average Bonchev–Trinajstić information content (AvgIpc) is 2.98. The Hall–Kier alpha value is -1.56. The van der Waals surface area contributed by atoms with Crippen LogP contribution in [0.15, 0.2) is 6.33 Å². The fourth-order valence-corrected chi connectivity index (χ4v) is 2.73. The van der Waals surface area contributed by atoms with E-state index in [0.717, 1.165) is 31.3 Å². The molecule has 1 aliphatic heterocycles. The van der Waals surface area contributed by atoms with Gasteiger partial charge in [-0.05, 0) is 38.8 Å². The number of hydrogen-bond acceptors (Lipinski definition) is 6. The summed E-state index contributed by atoms with van der Waals surface area (Å²) in [5.41, 5.74) is 0. The second kappa shape index (κ2) is 8.02. The molecule has 1 aromatic rings. The summed E-state index contributed by atoms with van der Waals surface area (Å²) in [7, 11) is 1.65. The maximum Gasteiger partial charge on any atom is 0.204 e. The van der Waals surface area contributed by atoms with Gasteiger partial charge in [-0.15, -0.1) is 0 Å². The number of likely N-dealkylation sites (tertiary alicyclic amines) is 1. The van der Waals surface area contributed by atoms with Crippen LogP contribution in [0.3, 0.4) is 0 Å². The van der Waals surface area contributed by atoms with Crippen molar-refractivity contribution in [2.75, 3.05) is 50.5 Å². The third kappa shape index (κ3) is 4.46. The van der Waals surface area contributed by atoms with Crippen molar-refractivity contribution in [1.29, 1.82) is 0 Å². The number of aromatic nitrogens is 2. The average molecular weight is 293 g/mol. The van der Waals surface area contributed by atoms with Gasteiger partial charge in [-0.2, -0.15) is 0 Å². The molecule has 0 aliphatic carbocycles. The van der Waals surface area contributed by atoms with E-state index in [-0.39, 0.29) is 0 Å². The van der Waals surface area contributed by atoms with E-state index in [9.17, 15) is 0 Å². The molecule has 2 N–H and O–H groups in total. The molecule has 1 saturated heterocycles. The third-order valence-electron chi connectivity index (χ3n) is 3.74. The van der Waals surface area contributed by atoms with Crippen molar-refractivity contribution in [3.8, 4) is 5.75 Å². The topological polar surface area (TPSA) is 62.3 Å². The standard InChI is InChI=1S/C15H27N5O/c1-4-16-14-13(21-3)15(19-11-18-14)17-9-12(2)10-20-7-5-6-8-20/h11-12H,4-10H2,1-3H3,(H2,16,17,18,19). The van der Waals surface area contributed by atoms with Crippen molar-refractivity contribution in [3.63, 3.8) is 0 Å². The first-order valence-electron chi connectivity index (χ1n) is 7.83. The molecule has 2 heterocycles. The lowest BCUT2D eigenvalue weighted by molar-refractivity contribution is 0.294. The molecule has 21 heavy (non-hydrogen) atoms. The van der Waals surface area contributed by atoms with Gasteiger partial charge < -0.3 is 20.3 Å². The van der Waals surface area contributed by atoms with Crippen molar-refractivity contribution < 1.29 is 4.74 Å². The molecule has 6 heteroatoms. The molecule has 1 unspecified atom stereocenters. The Kier molecular flexibility index (Phi) is 6.04. The smallest absolute Gasteiger partial charge is 0.204 e. The zero-order valence-electron chi connectivity index (χ0n) is 13.4. The minimum absolute atomic E-state index is 0.574. The Morgan fingerprint density at radius 2 is 1.90 bits per heavy atom. The first-order chi connectivity index (χ1) is 10.2. The molecule has 118 valence electrons. The van der Waals surface area contributed by atoms with E-state index in [1.165, 1.54) is 25.9 Å². The van der Waals surface area contributed by atoms with Crippen LogP contribution in [0.4, 0.5) is 11.6 Å². The lowest BCUT2D eigenvalue weighted by atomic mass is 10.1. The molecule has 1 fully saturated rings. The minimum Gasteiger partial charge on any atom is -0.490 e. The van der Waals surface area contributed by atoms with Gasteiger partial charge in [0.1, 0.15) is 6.33 Å². The zero-order valence-corrected chi connectivity index (χ0v) is 13.4. The Morgan fingerprint density at radius 3 is 2.52 bits per heavy atom. The molecular formula is C15H27N5O. The molecule has 0 spiro atoms. The summed E-state index contributed by atoms with van der Waals surface area (Å²) >= 11 is 0. The highest BCUT2D eigenvalue weighted by Crippen LogP contribution is 2.28. The van der Waals surface area contributed by atoms with Crippen LogP contribution in [0.2, 0.25) is 0 Å². The van der Waals surface area contributed by atoms with Crippen molar-refractivity contribution in [2.24, 2.45) is 5.92 Å². The van der Waals surface area contributed by atoms with Crippen LogP contribution in [0, 0.1) is 5.92 Å². The van der Waals surface area contributed by atoms with Crippen LogP contribution in [-0.4, -0.2) is 54.7 Å². The quantitative estimate of drug-likeness (QED) is 0.765. The van der Waals surface area contributed by atoms with E-state index < -0.39 is 0 Å². The summed E-state index contributed by atoms with van der Waals surface area (Å²) in [5.74, 6) is 2.76. The van der Waals surface area contributed by atoms with Gasteiger partial charge in [-0.25, -0.2) is 9.97 Å². The van der Waals surface area contributed by atoms with Gasteiger partial charge in [0, 0.05) is 19.6 Å². The van der Waals surface area contributed by atoms with Crippen LogP contribution in [0.25, 0.3) is 0 Å². The number of methoxy groups -OCH3 is 1. The molecule has 0 amide bonds. The van der Waals surface area contributed by atoms with Crippen molar-refractivity contribution in [2.45, 2.75) is 26.7 Å². The minimum atomic E-state index is 0.574. The second-order valence-corrected chi connectivity index (χ2v) is 5.63. The lowest BCUT2D eigenvalue weighted by Gasteiger charge is -2.21. The van der Waals surface area contributed by atoms with E-state index in [2.05, 4.69) is 32.4 Å². The molecule has 1 atom stereocenters. The number of ether oxygens (including phenoxy) is 1. The van der Waals surface area contributed by atoms with Gasteiger partial charge in [-0.1, -0.05) is 6.92 Å². The predicted octanol–water partition coefficient (Wildman–Crippen LogP) is 2.06.